The van der Waals surface area contributed by atoms with Crippen LogP contribution in [0, 0.1) is 5.41 Å². The predicted molar refractivity (Wildman–Crippen MR) is 125 cm³/mol. The Morgan fingerprint density at radius 1 is 1.26 bits per heavy atom. The minimum absolute atomic E-state index is 0.0206. The Bertz CT molecular complexity index is 1110. The first-order valence-electron chi connectivity index (χ1n) is 10.8. The number of alkyl halides is 3. The van der Waals surface area contributed by atoms with Crippen LogP contribution >= 0.6 is 0 Å². The van der Waals surface area contributed by atoms with E-state index in [0.717, 1.165) is 5.56 Å². The number of aromatic amines is 1. The summed E-state index contributed by atoms with van der Waals surface area (Å²) < 4.78 is 46.3. The van der Waals surface area contributed by atoms with E-state index in [4.69, 9.17) is 4.74 Å². The predicted octanol–water partition coefficient (Wildman–Crippen LogP) is 6.03. The first-order chi connectivity index (χ1) is 15.9. The van der Waals surface area contributed by atoms with E-state index in [-0.39, 0.29) is 25.1 Å². The minimum atomic E-state index is -4.31. The smallest absolute Gasteiger partial charge is 0.399 e. The molecule has 2 aromatic rings. The molecule has 0 atom stereocenters. The van der Waals surface area contributed by atoms with Gasteiger partial charge < -0.3 is 14.8 Å². The molecule has 34 heavy (non-hydrogen) atoms. The van der Waals surface area contributed by atoms with Crippen LogP contribution in [0.4, 0.5) is 13.2 Å². The fourth-order valence-electron chi connectivity index (χ4n) is 3.57. The van der Waals surface area contributed by atoms with Crippen molar-refractivity contribution in [1.29, 1.82) is 0 Å². The van der Waals surface area contributed by atoms with Crippen molar-refractivity contribution >= 4 is 24.0 Å². The third-order valence-electron chi connectivity index (χ3n) is 6.20. The van der Waals surface area contributed by atoms with Crippen LogP contribution < -0.4 is 4.74 Å². The Balaban J connectivity index is 1.73. The van der Waals surface area contributed by atoms with E-state index in [0.29, 0.717) is 29.3 Å². The molecule has 2 N–H and O–H groups in total. The molecule has 0 aliphatic heterocycles. The molecule has 1 aromatic heterocycles. The molecule has 0 radical (unpaired) electrons. The van der Waals surface area contributed by atoms with Crippen LogP contribution in [0.2, 0.25) is 0 Å². The van der Waals surface area contributed by atoms with Crippen LogP contribution in [0.3, 0.4) is 0 Å². The number of nitrogens with one attached hydrogen (secondary N) is 1. The molecule has 0 saturated heterocycles. The maximum Gasteiger partial charge on any atom is 0.399 e. The van der Waals surface area contributed by atoms with Gasteiger partial charge in [-0.2, -0.15) is 13.2 Å². The summed E-state index contributed by atoms with van der Waals surface area (Å²) in [5.41, 5.74) is -0.796. The van der Waals surface area contributed by atoms with Gasteiger partial charge in [-0.15, -0.1) is 0 Å². The van der Waals surface area contributed by atoms with Crippen molar-refractivity contribution in [3.05, 3.63) is 59.7 Å². The number of carboxylic acids is 1. The van der Waals surface area contributed by atoms with Crippen molar-refractivity contribution in [2.24, 2.45) is 10.4 Å². The molecular weight excluding hydrogens is 447 g/mol. The number of aliphatic carboxylic acids is 1. The number of halogens is 3. The Kier molecular flexibility index (Phi) is 7.05. The van der Waals surface area contributed by atoms with Crippen molar-refractivity contribution in [1.82, 2.24) is 9.97 Å². The van der Waals surface area contributed by atoms with Crippen LogP contribution in [0.25, 0.3) is 11.3 Å². The Morgan fingerprint density at radius 3 is 2.41 bits per heavy atom. The summed E-state index contributed by atoms with van der Waals surface area (Å²) in [6, 6.07) is 6.94. The van der Waals surface area contributed by atoms with Crippen molar-refractivity contribution in [3.63, 3.8) is 0 Å². The largest absolute Gasteiger partial charge is 0.492 e. The summed E-state index contributed by atoms with van der Waals surface area (Å²) in [6.45, 7) is 8.52. The SMILES string of the molecule is C=N/C(=C\C=C(/C)c1ncc(C2(C(F)(F)F)CCC2)[nH]1)c1ccc(OCC(C)(C)C(=O)O)cc1. The summed E-state index contributed by atoms with van der Waals surface area (Å²) in [6.07, 6.45) is 1.06. The van der Waals surface area contributed by atoms with Crippen LogP contribution in [0.1, 0.15) is 57.1 Å². The highest BCUT2D eigenvalue weighted by molar-refractivity contribution is 5.74. The normalized spacial score (nSPS) is 16.6. The van der Waals surface area contributed by atoms with Crippen LogP contribution in [0.15, 0.2) is 47.6 Å². The molecule has 1 aromatic carbocycles. The number of aromatic nitrogens is 2. The number of hydrogen-bond acceptors (Lipinski definition) is 4. The minimum Gasteiger partial charge on any atom is -0.492 e. The number of benzene rings is 1. The molecule has 3 rings (SSSR count). The highest BCUT2D eigenvalue weighted by Gasteiger charge is 2.60. The monoisotopic (exact) mass is 475 g/mol. The van der Waals surface area contributed by atoms with E-state index in [1.54, 1.807) is 57.2 Å². The van der Waals surface area contributed by atoms with Crippen molar-refractivity contribution < 1.29 is 27.8 Å². The average molecular weight is 476 g/mol. The molecule has 0 unspecified atom stereocenters. The van der Waals surface area contributed by atoms with Gasteiger partial charge >= 0.3 is 12.1 Å². The van der Waals surface area contributed by atoms with Gasteiger partial charge in [0.15, 0.2) is 0 Å². The highest BCUT2D eigenvalue weighted by Crippen LogP contribution is 2.54. The molecule has 0 bridgehead atoms. The Hall–Kier alpha value is -3.36. The standard InChI is InChI=1S/C25H28F3N3O3/c1-16(21-30-14-20(31-21)24(12-5-13-24)25(26,27)28)6-11-19(29-4)17-7-9-18(10-8-17)34-15-23(2,3)22(32)33/h6-11,14H,4-5,12-13,15H2,1-3H3,(H,30,31)(H,32,33)/b16-6+,19-11-. The zero-order valence-electron chi connectivity index (χ0n) is 19.4. The summed E-state index contributed by atoms with van der Waals surface area (Å²) in [5.74, 6) is -0.0572. The highest BCUT2D eigenvalue weighted by atomic mass is 19.4. The van der Waals surface area contributed by atoms with Crippen molar-refractivity contribution in [2.75, 3.05) is 6.61 Å². The molecule has 182 valence electrons. The molecule has 1 saturated carbocycles. The first-order valence-corrected chi connectivity index (χ1v) is 10.8. The number of ether oxygens (including phenoxy) is 1. The summed E-state index contributed by atoms with van der Waals surface area (Å²) in [5, 5.41) is 9.18. The third-order valence-corrected chi connectivity index (χ3v) is 6.20. The summed E-state index contributed by atoms with van der Waals surface area (Å²) in [4.78, 5) is 22.2. The molecule has 0 spiro atoms. The van der Waals surface area contributed by atoms with Gasteiger partial charge in [-0.1, -0.05) is 12.5 Å². The van der Waals surface area contributed by atoms with Gasteiger partial charge in [-0.3, -0.25) is 9.79 Å². The van der Waals surface area contributed by atoms with Gasteiger partial charge in [0.2, 0.25) is 0 Å². The number of H-pyrrole nitrogens is 1. The molecule has 1 aliphatic rings. The van der Waals surface area contributed by atoms with Crippen LogP contribution in [0.5, 0.6) is 5.75 Å². The maximum atomic E-state index is 13.6. The lowest BCUT2D eigenvalue weighted by atomic mass is 9.66. The molecule has 6 nitrogen and oxygen atoms in total. The average Bonchev–Trinajstić information content (AvgIpc) is 3.21. The van der Waals surface area contributed by atoms with E-state index < -0.39 is 23.0 Å². The van der Waals surface area contributed by atoms with Crippen molar-refractivity contribution in [2.45, 2.75) is 51.6 Å². The molecule has 9 heteroatoms. The maximum absolute atomic E-state index is 13.6. The van der Waals surface area contributed by atoms with E-state index >= 15 is 0 Å². The van der Waals surface area contributed by atoms with Gasteiger partial charge in [-0.25, -0.2) is 4.98 Å². The lowest BCUT2D eigenvalue weighted by Gasteiger charge is -2.42. The summed E-state index contributed by atoms with van der Waals surface area (Å²) >= 11 is 0. The topological polar surface area (TPSA) is 87.6 Å². The van der Waals surface area contributed by atoms with E-state index in [2.05, 4.69) is 21.7 Å². The van der Waals surface area contributed by atoms with E-state index in [1.807, 2.05) is 0 Å². The fraction of sp³-hybridized carbons (Fsp3) is 0.400. The van der Waals surface area contributed by atoms with Gasteiger partial charge in [0.25, 0.3) is 0 Å². The molecule has 1 heterocycles. The van der Waals surface area contributed by atoms with Gasteiger partial charge in [-0.05, 0) is 76.2 Å². The second kappa shape index (κ2) is 9.48. The van der Waals surface area contributed by atoms with Gasteiger partial charge in [0.1, 0.15) is 23.6 Å². The fourth-order valence-corrected chi connectivity index (χ4v) is 3.57. The quantitative estimate of drug-likeness (QED) is 0.343. The number of allylic oxidation sites excluding steroid dienone is 3. The Morgan fingerprint density at radius 2 is 1.91 bits per heavy atom. The van der Waals surface area contributed by atoms with E-state index in [1.165, 1.54) is 6.20 Å². The zero-order chi connectivity index (χ0) is 25.1. The third kappa shape index (κ3) is 5.08. The van der Waals surface area contributed by atoms with Crippen LogP contribution in [-0.4, -0.2) is 40.5 Å². The van der Waals surface area contributed by atoms with E-state index in [9.17, 15) is 23.1 Å². The number of carbonyl (C=O) groups is 1. The number of nitrogens with zero attached hydrogens (tertiary/aromatic N) is 2. The zero-order valence-corrected chi connectivity index (χ0v) is 19.4. The molecular formula is C25H28F3N3O3. The number of aliphatic imine (C=N–C) groups is 1. The molecule has 0 amide bonds. The van der Waals surface area contributed by atoms with Crippen LogP contribution in [-0.2, 0) is 10.2 Å². The van der Waals surface area contributed by atoms with Crippen molar-refractivity contribution in [3.8, 4) is 5.75 Å². The first kappa shape index (κ1) is 25.3. The lowest BCUT2D eigenvalue weighted by Crippen LogP contribution is -2.48. The van der Waals surface area contributed by atoms with Gasteiger partial charge in [0.05, 0.1) is 16.8 Å². The number of carboxylic acid groups (broad SMARTS) is 1. The Labute approximate surface area is 196 Å². The second-order valence-electron chi connectivity index (χ2n) is 9.14. The second-order valence-corrected chi connectivity index (χ2v) is 9.14. The number of imidazole rings is 1. The molecule has 1 fully saturated rings. The van der Waals surface area contributed by atoms with Gasteiger partial charge in [0, 0.05) is 11.8 Å². The number of hydrogen-bond donors (Lipinski definition) is 2. The molecule has 1 aliphatic carbocycles. The lowest BCUT2D eigenvalue weighted by molar-refractivity contribution is -0.214. The number of rotatable bonds is 9. The summed E-state index contributed by atoms with van der Waals surface area (Å²) in [7, 11) is 0.